The fourth-order valence-electron chi connectivity index (χ4n) is 1.000. The van der Waals surface area contributed by atoms with E-state index in [0.717, 1.165) is 20.8 Å². The molecule has 0 aromatic heterocycles. The van der Waals surface area contributed by atoms with E-state index in [0.29, 0.717) is 0 Å². The topological polar surface area (TPSA) is 124 Å². The lowest BCUT2D eigenvalue weighted by atomic mass is 10.1. The molecule has 0 saturated carbocycles. The van der Waals surface area contributed by atoms with Gasteiger partial charge in [0.1, 0.15) is 6.10 Å². The lowest BCUT2D eigenvalue weighted by Crippen LogP contribution is -2.43. The second-order valence-corrected chi connectivity index (χ2v) is 3.78. The van der Waals surface area contributed by atoms with Gasteiger partial charge in [0, 0.05) is 20.8 Å². The summed E-state index contributed by atoms with van der Waals surface area (Å²) < 4.78 is 0. The zero-order valence-electron chi connectivity index (χ0n) is 11.9. The number of carbonyl (C=O) groups is 4. The molecule has 0 aromatic carbocycles. The van der Waals surface area contributed by atoms with Crippen LogP contribution >= 0.6 is 0 Å². The maximum Gasteiger partial charge on any atom is 0.339 e. The van der Waals surface area contributed by atoms with Crippen molar-refractivity contribution in [3.8, 4) is 0 Å². The molecule has 0 amide bonds. The molecule has 120 valence electrons. The molecule has 0 aliphatic rings. The van der Waals surface area contributed by atoms with Crippen molar-refractivity contribution in [3.63, 3.8) is 0 Å². The Bertz CT molecular complexity index is 379. The van der Waals surface area contributed by atoms with Crippen molar-refractivity contribution in [3.05, 3.63) is 0 Å². The first-order valence-corrected chi connectivity index (χ1v) is 5.74. The molecule has 0 rings (SSSR count). The van der Waals surface area contributed by atoms with Crippen LogP contribution in [0.5, 0.6) is 0 Å². The highest BCUT2D eigenvalue weighted by molar-refractivity contribution is 5.66. The van der Waals surface area contributed by atoms with Crippen molar-refractivity contribution in [1.82, 2.24) is 0 Å². The number of aldehydes is 1. The molecule has 0 aliphatic carbocycles. The van der Waals surface area contributed by atoms with Gasteiger partial charge in [0.15, 0.2) is 18.5 Å². The third-order valence-corrected chi connectivity index (χ3v) is 1.79. The van der Waals surface area contributed by atoms with E-state index in [1.165, 1.54) is 6.92 Å². The van der Waals surface area contributed by atoms with E-state index in [1.807, 2.05) is 0 Å². The molecule has 0 unspecified atom stereocenters. The van der Waals surface area contributed by atoms with Crippen molar-refractivity contribution in [2.45, 2.75) is 46.0 Å². The number of hydrogen-bond acceptors (Lipinski definition) is 10. The normalized spacial score (nSPS) is 14.5. The van der Waals surface area contributed by atoms with Crippen LogP contribution in [0.4, 0.5) is 0 Å². The van der Waals surface area contributed by atoms with Crippen molar-refractivity contribution in [2.24, 2.45) is 0 Å². The zero-order valence-corrected chi connectivity index (χ0v) is 11.9. The summed E-state index contributed by atoms with van der Waals surface area (Å²) in [6.07, 6.45) is -3.70. The smallest absolute Gasteiger partial charge is 0.300 e. The minimum atomic E-state index is -1.49. The van der Waals surface area contributed by atoms with Gasteiger partial charge in [-0.2, -0.15) is 14.7 Å². The van der Waals surface area contributed by atoms with Gasteiger partial charge < -0.3 is 4.79 Å². The molecule has 0 heterocycles. The average Bonchev–Trinajstić information content (AvgIpc) is 2.39. The SMILES string of the molecule is CC(=O)OO[C@@H]([C@H](C)OOC(C)=O)[C@H](C=O)OOC(C)=O. The van der Waals surface area contributed by atoms with Gasteiger partial charge >= 0.3 is 17.9 Å². The van der Waals surface area contributed by atoms with Crippen LogP contribution in [-0.2, 0) is 48.5 Å². The van der Waals surface area contributed by atoms with Gasteiger partial charge in [-0.3, -0.25) is 14.7 Å². The fraction of sp³-hybridized carbons (Fsp3) is 0.636. The predicted octanol–water partition coefficient (Wildman–Crippen LogP) is -0.205. The Labute approximate surface area is 120 Å². The van der Waals surface area contributed by atoms with Crippen LogP contribution in [0.1, 0.15) is 27.7 Å². The molecular weight excluding hydrogens is 292 g/mol. The highest BCUT2D eigenvalue weighted by Gasteiger charge is 2.35. The average molecular weight is 308 g/mol. The van der Waals surface area contributed by atoms with Crippen LogP contribution in [0.3, 0.4) is 0 Å². The van der Waals surface area contributed by atoms with E-state index >= 15 is 0 Å². The van der Waals surface area contributed by atoms with Crippen LogP contribution in [0.25, 0.3) is 0 Å². The van der Waals surface area contributed by atoms with Gasteiger partial charge in [-0.15, -0.1) is 0 Å². The van der Waals surface area contributed by atoms with Crippen LogP contribution in [0, 0.1) is 0 Å². The molecule has 21 heavy (non-hydrogen) atoms. The summed E-state index contributed by atoms with van der Waals surface area (Å²) in [5, 5.41) is 0. The summed E-state index contributed by atoms with van der Waals surface area (Å²) in [4.78, 5) is 69.6. The van der Waals surface area contributed by atoms with Gasteiger partial charge in [-0.25, -0.2) is 14.4 Å². The van der Waals surface area contributed by atoms with Crippen molar-refractivity contribution >= 4 is 24.2 Å². The van der Waals surface area contributed by atoms with E-state index < -0.39 is 36.2 Å². The second-order valence-electron chi connectivity index (χ2n) is 3.78. The first-order valence-electron chi connectivity index (χ1n) is 5.74. The minimum Gasteiger partial charge on any atom is -0.300 e. The Kier molecular flexibility index (Phi) is 8.85. The molecular formula is C11H16O10. The van der Waals surface area contributed by atoms with Gasteiger partial charge in [0.2, 0.25) is 0 Å². The predicted molar refractivity (Wildman–Crippen MR) is 61.7 cm³/mol. The van der Waals surface area contributed by atoms with Gasteiger partial charge in [0.05, 0.1) is 0 Å². The Balaban J connectivity index is 4.79. The molecule has 0 N–H and O–H groups in total. The van der Waals surface area contributed by atoms with Crippen LogP contribution in [0.2, 0.25) is 0 Å². The van der Waals surface area contributed by atoms with Gasteiger partial charge in [-0.05, 0) is 6.92 Å². The third kappa shape index (κ3) is 8.68. The Morgan fingerprint density at radius 3 is 1.67 bits per heavy atom. The molecule has 3 atom stereocenters. The molecule has 0 radical (unpaired) electrons. The Morgan fingerprint density at radius 2 is 1.24 bits per heavy atom. The van der Waals surface area contributed by atoms with Crippen LogP contribution < -0.4 is 0 Å². The molecule has 0 aromatic rings. The quantitative estimate of drug-likeness (QED) is 0.321. The lowest BCUT2D eigenvalue weighted by Gasteiger charge is -2.24. The summed E-state index contributed by atoms with van der Waals surface area (Å²) in [7, 11) is 0. The Hall–Kier alpha value is -2.04. The number of hydrogen-bond donors (Lipinski definition) is 0. The fourth-order valence-corrected chi connectivity index (χ4v) is 1.000. The van der Waals surface area contributed by atoms with Crippen molar-refractivity contribution in [2.75, 3.05) is 0 Å². The summed E-state index contributed by atoms with van der Waals surface area (Å²) in [5.41, 5.74) is 0. The maximum absolute atomic E-state index is 10.9. The van der Waals surface area contributed by atoms with Gasteiger partial charge in [0.25, 0.3) is 0 Å². The van der Waals surface area contributed by atoms with E-state index in [1.54, 1.807) is 0 Å². The molecule has 0 spiro atoms. The van der Waals surface area contributed by atoms with E-state index in [2.05, 4.69) is 29.3 Å². The van der Waals surface area contributed by atoms with Crippen molar-refractivity contribution < 1.29 is 48.5 Å². The zero-order chi connectivity index (χ0) is 16.4. The first kappa shape index (κ1) is 19.0. The van der Waals surface area contributed by atoms with E-state index in [9.17, 15) is 19.2 Å². The molecule has 0 bridgehead atoms. The van der Waals surface area contributed by atoms with Gasteiger partial charge in [-0.1, -0.05) is 0 Å². The molecule has 10 heteroatoms. The molecule has 10 nitrogen and oxygen atoms in total. The largest absolute Gasteiger partial charge is 0.339 e. The standard InChI is InChI=1S/C11H16O10/c1-6(16-17-7(2)13)11(21-19-9(4)15)10(5-12)20-18-8(3)14/h5-6,10-11H,1-4H3/t6-,10-,11-/m0/s1. The van der Waals surface area contributed by atoms with E-state index in [4.69, 9.17) is 0 Å². The number of rotatable bonds is 9. The molecule has 0 aliphatic heterocycles. The maximum atomic E-state index is 10.9. The summed E-state index contributed by atoms with van der Waals surface area (Å²) >= 11 is 0. The minimum absolute atomic E-state index is 0.227. The van der Waals surface area contributed by atoms with Crippen LogP contribution in [0.15, 0.2) is 0 Å². The number of carbonyl (C=O) groups excluding carboxylic acids is 4. The lowest BCUT2D eigenvalue weighted by molar-refractivity contribution is -0.388. The van der Waals surface area contributed by atoms with E-state index in [-0.39, 0.29) is 6.29 Å². The second kappa shape index (κ2) is 9.80. The molecule has 0 fully saturated rings. The Morgan fingerprint density at radius 1 is 0.810 bits per heavy atom. The monoisotopic (exact) mass is 308 g/mol. The summed E-state index contributed by atoms with van der Waals surface area (Å²) in [6.45, 7) is 4.52. The summed E-state index contributed by atoms with van der Waals surface area (Å²) in [5.74, 6) is -2.38. The highest BCUT2D eigenvalue weighted by Crippen LogP contribution is 2.13. The summed E-state index contributed by atoms with van der Waals surface area (Å²) in [6, 6.07) is 0. The third-order valence-electron chi connectivity index (χ3n) is 1.79. The van der Waals surface area contributed by atoms with Crippen molar-refractivity contribution in [1.29, 1.82) is 0 Å². The first-order chi connectivity index (χ1) is 9.77. The molecule has 0 saturated heterocycles. The highest BCUT2D eigenvalue weighted by atomic mass is 17.2. The van der Waals surface area contributed by atoms with Crippen LogP contribution in [-0.4, -0.2) is 42.5 Å².